The second kappa shape index (κ2) is 4.48. The average molecular weight is 306 g/mol. The molecule has 17 heavy (non-hydrogen) atoms. The summed E-state index contributed by atoms with van der Waals surface area (Å²) in [6.45, 7) is -1.09. The summed E-state index contributed by atoms with van der Waals surface area (Å²) in [7, 11) is 0. The van der Waals surface area contributed by atoms with Crippen LogP contribution in [0.15, 0.2) is 35.1 Å². The first-order valence-corrected chi connectivity index (χ1v) is 5.45. The molecule has 0 saturated heterocycles. The van der Waals surface area contributed by atoms with Gasteiger partial charge in [-0.3, -0.25) is 0 Å². The van der Waals surface area contributed by atoms with E-state index in [0.29, 0.717) is 5.56 Å². The molecule has 0 saturated carbocycles. The van der Waals surface area contributed by atoms with Crippen molar-refractivity contribution in [2.24, 2.45) is 0 Å². The zero-order valence-corrected chi connectivity index (χ0v) is 10.0. The smallest absolute Gasteiger partial charge is 0.304 e. The molecule has 1 aromatic carbocycles. The summed E-state index contributed by atoms with van der Waals surface area (Å²) in [5.41, 5.74) is 0.593. The average Bonchev–Trinajstić information content (AvgIpc) is 2.64. The minimum Gasteiger partial charge on any atom is -0.304 e. The van der Waals surface area contributed by atoms with E-state index in [9.17, 15) is 13.2 Å². The van der Waals surface area contributed by atoms with Gasteiger partial charge in [0.1, 0.15) is 12.9 Å². The van der Waals surface area contributed by atoms with Crippen LogP contribution in [-0.2, 0) is 6.54 Å². The molecule has 90 valence electrons. The topological polar surface area (TPSA) is 30.7 Å². The summed E-state index contributed by atoms with van der Waals surface area (Å²) in [6, 6.07) is 6.84. The Morgan fingerprint density at radius 3 is 2.41 bits per heavy atom. The van der Waals surface area contributed by atoms with Gasteiger partial charge in [-0.2, -0.15) is 13.2 Å². The summed E-state index contributed by atoms with van der Waals surface area (Å²) in [5, 5.41) is 7.20. The van der Waals surface area contributed by atoms with Gasteiger partial charge in [0.25, 0.3) is 0 Å². The van der Waals surface area contributed by atoms with E-state index in [0.717, 1.165) is 15.4 Å². The number of halogens is 4. The van der Waals surface area contributed by atoms with Crippen LogP contribution in [0.1, 0.15) is 0 Å². The molecule has 3 nitrogen and oxygen atoms in total. The van der Waals surface area contributed by atoms with Crippen LogP contribution in [0, 0.1) is 0 Å². The molecule has 2 aromatic rings. The van der Waals surface area contributed by atoms with Crippen LogP contribution < -0.4 is 0 Å². The number of aromatic nitrogens is 3. The maximum atomic E-state index is 12.3. The lowest BCUT2D eigenvalue weighted by Gasteiger charge is -2.09. The van der Waals surface area contributed by atoms with Crippen molar-refractivity contribution in [2.75, 3.05) is 0 Å². The van der Waals surface area contributed by atoms with E-state index in [1.54, 1.807) is 24.3 Å². The molecule has 0 bridgehead atoms. The van der Waals surface area contributed by atoms with Crippen molar-refractivity contribution in [3.63, 3.8) is 0 Å². The molecule has 0 unspecified atom stereocenters. The van der Waals surface area contributed by atoms with Gasteiger partial charge in [0.05, 0.1) is 0 Å². The molecule has 0 atom stereocenters. The molecule has 0 aliphatic rings. The van der Waals surface area contributed by atoms with Gasteiger partial charge < -0.3 is 4.57 Å². The van der Waals surface area contributed by atoms with Gasteiger partial charge in [0.2, 0.25) is 0 Å². The van der Waals surface area contributed by atoms with Crippen molar-refractivity contribution in [3.05, 3.63) is 35.1 Å². The Kier molecular flexibility index (Phi) is 3.19. The van der Waals surface area contributed by atoms with Crippen LogP contribution >= 0.6 is 15.9 Å². The lowest BCUT2D eigenvalue weighted by Crippen LogP contribution is -2.17. The monoisotopic (exact) mass is 305 g/mol. The summed E-state index contributed by atoms with van der Waals surface area (Å²) in [4.78, 5) is 0. The highest BCUT2D eigenvalue weighted by Crippen LogP contribution is 2.23. The molecule has 1 aromatic heterocycles. The molecule has 7 heteroatoms. The first kappa shape index (κ1) is 12.1. The zero-order valence-electron chi connectivity index (χ0n) is 8.45. The molecule has 0 spiro atoms. The molecular formula is C10H7BrF3N3. The van der Waals surface area contributed by atoms with E-state index in [-0.39, 0.29) is 5.82 Å². The van der Waals surface area contributed by atoms with E-state index in [1.807, 2.05) is 0 Å². The summed E-state index contributed by atoms with van der Waals surface area (Å²) < 4.78 is 38.7. The van der Waals surface area contributed by atoms with Crippen LogP contribution in [0.4, 0.5) is 13.2 Å². The van der Waals surface area contributed by atoms with Crippen LogP contribution in [0.2, 0.25) is 0 Å². The van der Waals surface area contributed by atoms with Gasteiger partial charge in [0, 0.05) is 10.0 Å². The number of alkyl halides is 3. The fraction of sp³-hybridized carbons (Fsp3) is 0.200. The summed E-state index contributed by atoms with van der Waals surface area (Å²) in [6.07, 6.45) is -3.21. The van der Waals surface area contributed by atoms with Crippen molar-refractivity contribution in [1.29, 1.82) is 0 Å². The third-order valence-electron chi connectivity index (χ3n) is 2.07. The second-order valence-electron chi connectivity index (χ2n) is 3.40. The van der Waals surface area contributed by atoms with Gasteiger partial charge >= 0.3 is 6.18 Å². The highest BCUT2D eigenvalue weighted by Gasteiger charge is 2.29. The quantitative estimate of drug-likeness (QED) is 0.852. The second-order valence-corrected chi connectivity index (χ2v) is 4.32. The van der Waals surface area contributed by atoms with Gasteiger partial charge in [-0.15, -0.1) is 10.2 Å². The van der Waals surface area contributed by atoms with Crippen molar-refractivity contribution in [1.82, 2.24) is 14.8 Å². The van der Waals surface area contributed by atoms with Crippen molar-refractivity contribution >= 4 is 15.9 Å². The normalized spacial score (nSPS) is 11.8. The SMILES string of the molecule is FC(F)(F)Cn1cnnc1-c1ccc(Br)cc1. The third kappa shape index (κ3) is 3.06. The largest absolute Gasteiger partial charge is 0.406 e. The summed E-state index contributed by atoms with van der Waals surface area (Å²) in [5.74, 6) is 0.204. The van der Waals surface area contributed by atoms with Gasteiger partial charge in [-0.1, -0.05) is 28.1 Å². The first-order chi connectivity index (χ1) is 7.96. The Balaban J connectivity index is 2.33. The van der Waals surface area contributed by atoms with Crippen molar-refractivity contribution in [3.8, 4) is 11.4 Å². The number of nitrogens with zero attached hydrogens (tertiary/aromatic N) is 3. The molecule has 0 radical (unpaired) electrons. The highest BCUT2D eigenvalue weighted by molar-refractivity contribution is 9.10. The van der Waals surface area contributed by atoms with Crippen molar-refractivity contribution < 1.29 is 13.2 Å². The van der Waals surface area contributed by atoms with E-state index in [2.05, 4.69) is 26.1 Å². The predicted octanol–water partition coefficient (Wildman–Crippen LogP) is 3.27. The number of rotatable bonds is 2. The molecule has 0 aliphatic carbocycles. The molecule has 0 fully saturated rings. The van der Waals surface area contributed by atoms with Gasteiger partial charge in [0.15, 0.2) is 5.82 Å². The lowest BCUT2D eigenvalue weighted by molar-refractivity contribution is -0.140. The predicted molar refractivity (Wildman–Crippen MR) is 59.2 cm³/mol. The van der Waals surface area contributed by atoms with Crippen LogP contribution in [-0.4, -0.2) is 20.9 Å². The third-order valence-corrected chi connectivity index (χ3v) is 2.60. The van der Waals surface area contributed by atoms with E-state index < -0.39 is 12.7 Å². The maximum absolute atomic E-state index is 12.3. The van der Waals surface area contributed by atoms with E-state index in [1.165, 1.54) is 0 Å². The zero-order chi connectivity index (χ0) is 12.5. The molecule has 0 aliphatic heterocycles. The Hall–Kier alpha value is -1.37. The molecular weight excluding hydrogens is 299 g/mol. The number of benzene rings is 1. The first-order valence-electron chi connectivity index (χ1n) is 4.66. The highest BCUT2D eigenvalue weighted by atomic mass is 79.9. The summed E-state index contributed by atoms with van der Waals surface area (Å²) >= 11 is 3.25. The minimum atomic E-state index is -4.29. The van der Waals surface area contributed by atoms with Crippen LogP contribution in [0.5, 0.6) is 0 Å². The Morgan fingerprint density at radius 1 is 1.18 bits per heavy atom. The number of hydrogen-bond acceptors (Lipinski definition) is 2. The van der Waals surface area contributed by atoms with Crippen LogP contribution in [0.3, 0.4) is 0 Å². The van der Waals surface area contributed by atoms with E-state index in [4.69, 9.17) is 0 Å². The minimum absolute atomic E-state index is 0.204. The fourth-order valence-corrected chi connectivity index (χ4v) is 1.65. The van der Waals surface area contributed by atoms with Gasteiger partial charge in [-0.25, -0.2) is 0 Å². The Morgan fingerprint density at radius 2 is 1.82 bits per heavy atom. The van der Waals surface area contributed by atoms with Gasteiger partial charge in [-0.05, 0) is 12.1 Å². The molecule has 0 amide bonds. The molecule has 1 heterocycles. The molecule has 0 N–H and O–H groups in total. The standard InChI is InChI=1S/C10H7BrF3N3/c11-8-3-1-7(2-4-8)9-16-15-6-17(9)5-10(12,13)14/h1-4,6H,5H2. The van der Waals surface area contributed by atoms with E-state index >= 15 is 0 Å². The Labute approximate surface area is 103 Å². The lowest BCUT2D eigenvalue weighted by atomic mass is 10.2. The molecule has 2 rings (SSSR count). The number of hydrogen-bond donors (Lipinski definition) is 0. The Bertz CT molecular complexity index is 504. The maximum Gasteiger partial charge on any atom is 0.406 e. The fourth-order valence-electron chi connectivity index (χ4n) is 1.39. The van der Waals surface area contributed by atoms with Crippen molar-refractivity contribution in [2.45, 2.75) is 12.7 Å². The van der Waals surface area contributed by atoms with Crippen LogP contribution in [0.25, 0.3) is 11.4 Å².